The van der Waals surface area contributed by atoms with Crippen LogP contribution in [0.1, 0.15) is 36.2 Å². The first-order chi connectivity index (χ1) is 15.0. The van der Waals surface area contributed by atoms with E-state index in [0.717, 1.165) is 5.56 Å². The zero-order chi connectivity index (χ0) is 22.5. The average Bonchev–Trinajstić information content (AvgIpc) is 2.78. The van der Waals surface area contributed by atoms with Gasteiger partial charge in [-0.25, -0.2) is 0 Å². The van der Waals surface area contributed by atoms with Crippen LogP contribution in [0, 0.1) is 0 Å². The number of nitrogens with one attached hydrogen (secondary N) is 3. The number of pyridine rings is 1. The molecule has 2 aromatic rings. The van der Waals surface area contributed by atoms with Crippen LogP contribution in [0.5, 0.6) is 11.5 Å². The average molecular weight is 428 g/mol. The standard InChI is InChI=1S/C22H28N4O5/c1-3-30-18-6-5-17(13-19(18)31-4-2)22(29)26-15-21(28)24-12-9-20(27)25-14-16-7-10-23-11-8-16/h5-8,10-11,13H,3-4,9,12,14-15H2,1-2H3,(H,24,28)(H,25,27)(H,26,29). The number of ether oxygens (including phenoxy) is 2. The highest BCUT2D eigenvalue weighted by atomic mass is 16.5. The molecule has 0 aliphatic carbocycles. The number of benzene rings is 1. The van der Waals surface area contributed by atoms with Gasteiger partial charge in [0.15, 0.2) is 11.5 Å². The summed E-state index contributed by atoms with van der Waals surface area (Å²) in [6, 6.07) is 8.47. The van der Waals surface area contributed by atoms with Crippen molar-refractivity contribution in [2.75, 3.05) is 26.3 Å². The summed E-state index contributed by atoms with van der Waals surface area (Å²) in [4.78, 5) is 40.0. The Morgan fingerprint density at radius 2 is 1.58 bits per heavy atom. The van der Waals surface area contributed by atoms with E-state index < -0.39 is 5.91 Å². The topological polar surface area (TPSA) is 119 Å². The molecule has 0 aliphatic rings. The SMILES string of the molecule is CCOc1ccc(C(=O)NCC(=O)NCCC(=O)NCc2ccncc2)cc1OCC. The summed E-state index contributed by atoms with van der Waals surface area (Å²) in [5, 5.41) is 7.92. The maximum atomic E-state index is 12.3. The Morgan fingerprint density at radius 3 is 2.29 bits per heavy atom. The smallest absolute Gasteiger partial charge is 0.251 e. The molecule has 1 aromatic carbocycles. The molecule has 0 aliphatic heterocycles. The first-order valence-electron chi connectivity index (χ1n) is 10.1. The van der Waals surface area contributed by atoms with Gasteiger partial charge in [0.05, 0.1) is 19.8 Å². The summed E-state index contributed by atoms with van der Waals surface area (Å²) in [6.45, 7) is 4.99. The summed E-state index contributed by atoms with van der Waals surface area (Å²) >= 11 is 0. The number of aromatic nitrogens is 1. The van der Waals surface area contributed by atoms with Crippen molar-refractivity contribution in [3.63, 3.8) is 0 Å². The van der Waals surface area contributed by atoms with Crippen molar-refractivity contribution in [2.24, 2.45) is 0 Å². The quantitative estimate of drug-likeness (QED) is 0.471. The maximum Gasteiger partial charge on any atom is 0.251 e. The Morgan fingerprint density at radius 1 is 0.871 bits per heavy atom. The zero-order valence-corrected chi connectivity index (χ0v) is 17.8. The van der Waals surface area contributed by atoms with Gasteiger partial charge in [-0.05, 0) is 49.7 Å². The molecule has 1 heterocycles. The molecule has 2 rings (SSSR count). The number of carbonyl (C=O) groups is 3. The third kappa shape index (κ3) is 8.33. The van der Waals surface area contributed by atoms with Crippen molar-refractivity contribution in [3.05, 3.63) is 53.9 Å². The molecule has 0 fully saturated rings. The Bertz CT molecular complexity index is 873. The third-order valence-electron chi connectivity index (χ3n) is 4.13. The lowest BCUT2D eigenvalue weighted by atomic mass is 10.2. The minimum absolute atomic E-state index is 0.140. The van der Waals surface area contributed by atoms with Crippen LogP contribution in [0.4, 0.5) is 0 Å². The van der Waals surface area contributed by atoms with E-state index in [0.29, 0.717) is 36.8 Å². The van der Waals surface area contributed by atoms with Crippen LogP contribution in [-0.2, 0) is 16.1 Å². The Hall–Kier alpha value is -3.62. The van der Waals surface area contributed by atoms with Gasteiger partial charge >= 0.3 is 0 Å². The van der Waals surface area contributed by atoms with Crippen LogP contribution in [-0.4, -0.2) is 49.0 Å². The van der Waals surface area contributed by atoms with Crippen molar-refractivity contribution in [3.8, 4) is 11.5 Å². The van der Waals surface area contributed by atoms with Gasteiger partial charge < -0.3 is 25.4 Å². The number of hydrogen-bond donors (Lipinski definition) is 3. The van der Waals surface area contributed by atoms with Crippen molar-refractivity contribution in [1.82, 2.24) is 20.9 Å². The second-order valence-corrected chi connectivity index (χ2v) is 6.44. The highest BCUT2D eigenvalue weighted by Crippen LogP contribution is 2.28. The monoisotopic (exact) mass is 428 g/mol. The predicted molar refractivity (Wildman–Crippen MR) is 115 cm³/mol. The maximum absolute atomic E-state index is 12.3. The lowest BCUT2D eigenvalue weighted by Crippen LogP contribution is -2.38. The first kappa shape index (κ1) is 23.7. The highest BCUT2D eigenvalue weighted by molar-refractivity contribution is 5.97. The van der Waals surface area contributed by atoms with Gasteiger partial charge in [-0.3, -0.25) is 19.4 Å². The van der Waals surface area contributed by atoms with Crippen LogP contribution >= 0.6 is 0 Å². The molecule has 3 N–H and O–H groups in total. The van der Waals surface area contributed by atoms with Crippen LogP contribution in [0.3, 0.4) is 0 Å². The van der Waals surface area contributed by atoms with Crippen LogP contribution in [0.25, 0.3) is 0 Å². The number of amides is 3. The van der Waals surface area contributed by atoms with E-state index in [9.17, 15) is 14.4 Å². The van der Waals surface area contributed by atoms with Gasteiger partial charge in [-0.1, -0.05) is 0 Å². The molecule has 0 saturated carbocycles. The van der Waals surface area contributed by atoms with Gasteiger partial charge in [0.1, 0.15) is 0 Å². The molecule has 31 heavy (non-hydrogen) atoms. The second kappa shape index (κ2) is 12.8. The van der Waals surface area contributed by atoms with E-state index in [2.05, 4.69) is 20.9 Å². The molecule has 0 spiro atoms. The summed E-state index contributed by atoms with van der Waals surface area (Å²) in [6.07, 6.45) is 3.45. The number of rotatable bonds is 12. The molecule has 0 saturated heterocycles. The summed E-state index contributed by atoms with van der Waals surface area (Å²) < 4.78 is 11.0. The van der Waals surface area contributed by atoms with E-state index in [4.69, 9.17) is 9.47 Å². The molecule has 0 unspecified atom stereocenters. The summed E-state index contributed by atoms with van der Waals surface area (Å²) in [7, 11) is 0. The largest absolute Gasteiger partial charge is 0.490 e. The van der Waals surface area contributed by atoms with Crippen molar-refractivity contribution in [1.29, 1.82) is 0 Å². The molecule has 0 bridgehead atoms. The second-order valence-electron chi connectivity index (χ2n) is 6.44. The summed E-state index contributed by atoms with van der Waals surface area (Å²) in [5.74, 6) is 0.0552. The van der Waals surface area contributed by atoms with E-state index in [1.54, 1.807) is 30.6 Å². The van der Waals surface area contributed by atoms with Gasteiger partial charge in [-0.15, -0.1) is 0 Å². The van der Waals surface area contributed by atoms with Crippen molar-refractivity contribution < 1.29 is 23.9 Å². The van der Waals surface area contributed by atoms with Gasteiger partial charge in [0.2, 0.25) is 11.8 Å². The number of carbonyl (C=O) groups excluding carboxylic acids is 3. The lowest BCUT2D eigenvalue weighted by molar-refractivity contribution is -0.122. The Labute approximate surface area is 181 Å². The van der Waals surface area contributed by atoms with Gasteiger partial charge in [0, 0.05) is 37.5 Å². The molecular weight excluding hydrogens is 400 g/mol. The van der Waals surface area contributed by atoms with E-state index in [1.165, 1.54) is 0 Å². The number of hydrogen-bond acceptors (Lipinski definition) is 6. The molecule has 9 nitrogen and oxygen atoms in total. The number of nitrogens with zero attached hydrogens (tertiary/aromatic N) is 1. The third-order valence-corrected chi connectivity index (χ3v) is 4.13. The zero-order valence-electron chi connectivity index (χ0n) is 17.8. The predicted octanol–water partition coefficient (Wildman–Crippen LogP) is 1.43. The minimum atomic E-state index is -0.408. The van der Waals surface area contributed by atoms with Crippen LogP contribution in [0.2, 0.25) is 0 Å². The highest BCUT2D eigenvalue weighted by Gasteiger charge is 2.13. The fourth-order valence-corrected chi connectivity index (χ4v) is 2.62. The molecule has 3 amide bonds. The van der Waals surface area contributed by atoms with Gasteiger partial charge in [-0.2, -0.15) is 0 Å². The minimum Gasteiger partial charge on any atom is -0.490 e. The first-order valence-corrected chi connectivity index (χ1v) is 10.1. The molecule has 0 atom stereocenters. The van der Waals surface area contributed by atoms with E-state index >= 15 is 0 Å². The molecule has 0 radical (unpaired) electrons. The fourth-order valence-electron chi connectivity index (χ4n) is 2.62. The van der Waals surface area contributed by atoms with Crippen molar-refractivity contribution >= 4 is 17.7 Å². The van der Waals surface area contributed by atoms with E-state index in [-0.39, 0.29) is 31.3 Å². The van der Waals surface area contributed by atoms with E-state index in [1.807, 2.05) is 26.0 Å². The molecule has 1 aromatic heterocycles. The van der Waals surface area contributed by atoms with Crippen LogP contribution in [0.15, 0.2) is 42.7 Å². The lowest BCUT2D eigenvalue weighted by Gasteiger charge is -2.12. The Balaban J connectivity index is 1.71. The van der Waals surface area contributed by atoms with Gasteiger partial charge in [0.25, 0.3) is 5.91 Å². The summed E-state index contributed by atoms with van der Waals surface area (Å²) in [5.41, 5.74) is 1.30. The van der Waals surface area contributed by atoms with Crippen molar-refractivity contribution in [2.45, 2.75) is 26.8 Å². The normalized spacial score (nSPS) is 10.1. The molecular formula is C22H28N4O5. The molecule has 9 heteroatoms. The van der Waals surface area contributed by atoms with Crippen LogP contribution < -0.4 is 25.4 Å². The fraction of sp³-hybridized carbons (Fsp3) is 0.364. The molecule has 166 valence electrons. The Kier molecular flexibility index (Phi) is 9.80.